The maximum atomic E-state index is 13.6. The van der Waals surface area contributed by atoms with Gasteiger partial charge in [0.15, 0.2) is 15.8 Å². The van der Waals surface area contributed by atoms with E-state index in [1.807, 2.05) is 31.2 Å². The van der Waals surface area contributed by atoms with E-state index in [1.54, 1.807) is 18.2 Å². The van der Waals surface area contributed by atoms with E-state index < -0.39 is 17.7 Å². The van der Waals surface area contributed by atoms with E-state index in [2.05, 4.69) is 48.3 Å². The van der Waals surface area contributed by atoms with Crippen LogP contribution in [-0.4, -0.2) is 40.2 Å². The number of ether oxygens (including phenoxy) is 2. The summed E-state index contributed by atoms with van der Waals surface area (Å²) in [6.45, 7) is 7.05. The molecule has 0 saturated carbocycles. The Labute approximate surface area is 252 Å². The molecule has 3 heterocycles. The zero-order valence-corrected chi connectivity index (χ0v) is 25.0. The molecule has 6 rings (SSSR count). The maximum Gasteiger partial charge on any atom is 0.301 e. The lowest BCUT2D eigenvalue weighted by atomic mass is 9.93. The summed E-state index contributed by atoms with van der Waals surface area (Å²) in [5, 5.41) is 20.5. The molecule has 1 fully saturated rings. The lowest BCUT2D eigenvalue weighted by molar-refractivity contribution is -0.132. The molecular weight excluding hydrogens is 571 g/mol. The van der Waals surface area contributed by atoms with E-state index in [-0.39, 0.29) is 11.3 Å². The molecule has 10 heteroatoms. The van der Waals surface area contributed by atoms with Crippen molar-refractivity contribution in [2.75, 3.05) is 18.1 Å². The minimum Gasteiger partial charge on any atom is -0.507 e. The topological polar surface area (TPSA) is 102 Å². The minimum absolute atomic E-state index is 0.0157. The van der Waals surface area contributed by atoms with Crippen LogP contribution in [-0.2, 0) is 15.3 Å². The number of carbonyl (C=O) groups excluding carboxylic acids is 2. The fourth-order valence-corrected chi connectivity index (χ4v) is 6.77. The Balaban J connectivity index is 1.39. The fraction of sp³-hybridized carbons (Fsp3) is 0.250. The number of anilines is 1. The normalized spacial score (nSPS) is 17.7. The molecule has 214 valence electrons. The number of rotatable bonds is 7. The predicted molar refractivity (Wildman–Crippen MR) is 163 cm³/mol. The Morgan fingerprint density at radius 2 is 1.71 bits per heavy atom. The van der Waals surface area contributed by atoms with Gasteiger partial charge in [0.05, 0.1) is 11.6 Å². The molecule has 1 amide bonds. The van der Waals surface area contributed by atoms with Crippen LogP contribution >= 0.6 is 23.1 Å². The standard InChI is InChI=1S/C32H29N3O5S2/c1-18(2)21-8-10-22(11-9-21)27-26(28(36)23-12-13-24-25(16-23)40-15-14-39-24)29(37)30(38)35(27)31-33-34-32(42-31)41-17-20-6-4-19(3)5-7-20/h4-13,16,18,27,36H,14-15,17H2,1-3H3/b28-26+/t27-/m1/s1. The fourth-order valence-electron chi connectivity index (χ4n) is 4.94. The average molecular weight is 600 g/mol. The monoisotopic (exact) mass is 599 g/mol. The number of aromatic nitrogens is 2. The number of thioether (sulfide) groups is 1. The molecule has 8 nitrogen and oxygen atoms in total. The van der Waals surface area contributed by atoms with Crippen LogP contribution in [0.25, 0.3) is 5.76 Å². The first-order valence-corrected chi connectivity index (χ1v) is 15.4. The Morgan fingerprint density at radius 3 is 2.43 bits per heavy atom. The van der Waals surface area contributed by atoms with Crippen LogP contribution in [0, 0.1) is 6.92 Å². The van der Waals surface area contributed by atoms with Crippen LogP contribution in [0.2, 0.25) is 0 Å². The number of benzene rings is 3. The summed E-state index contributed by atoms with van der Waals surface area (Å²) >= 11 is 2.76. The number of nitrogens with zero attached hydrogens (tertiary/aromatic N) is 3. The second-order valence-electron chi connectivity index (χ2n) is 10.5. The summed E-state index contributed by atoms with van der Waals surface area (Å²) in [4.78, 5) is 28.5. The number of hydrogen-bond acceptors (Lipinski definition) is 9. The Kier molecular flexibility index (Phi) is 7.74. The number of carbonyl (C=O) groups is 2. The quantitative estimate of drug-likeness (QED) is 0.0828. The number of fused-ring (bicyclic) bond motifs is 1. The van der Waals surface area contributed by atoms with Crippen molar-refractivity contribution in [3.8, 4) is 11.5 Å². The van der Waals surface area contributed by atoms with Crippen molar-refractivity contribution in [1.82, 2.24) is 10.2 Å². The van der Waals surface area contributed by atoms with Gasteiger partial charge in [0.1, 0.15) is 19.0 Å². The van der Waals surface area contributed by atoms with Crippen LogP contribution in [0.15, 0.2) is 76.6 Å². The summed E-state index contributed by atoms with van der Waals surface area (Å²) in [5.74, 6) is 0.185. The third-order valence-corrected chi connectivity index (χ3v) is 9.39. The van der Waals surface area contributed by atoms with Gasteiger partial charge in [-0.15, -0.1) is 10.2 Å². The lowest BCUT2D eigenvalue weighted by Crippen LogP contribution is -2.29. The minimum atomic E-state index is -0.887. The van der Waals surface area contributed by atoms with Gasteiger partial charge in [-0.05, 0) is 47.7 Å². The van der Waals surface area contributed by atoms with Crippen molar-refractivity contribution >= 4 is 45.7 Å². The molecule has 0 spiro atoms. The van der Waals surface area contributed by atoms with E-state index in [0.717, 1.165) is 11.1 Å². The van der Waals surface area contributed by atoms with Crippen molar-refractivity contribution in [2.45, 2.75) is 42.8 Å². The highest BCUT2D eigenvalue weighted by Crippen LogP contribution is 2.45. The van der Waals surface area contributed by atoms with E-state index in [0.29, 0.717) is 57.0 Å². The highest BCUT2D eigenvalue weighted by atomic mass is 32.2. The summed E-state index contributed by atoms with van der Waals surface area (Å²) in [6, 6.07) is 20.1. The Morgan fingerprint density at radius 1 is 1.00 bits per heavy atom. The van der Waals surface area contributed by atoms with Gasteiger partial charge in [-0.2, -0.15) is 0 Å². The smallest absolute Gasteiger partial charge is 0.301 e. The highest BCUT2D eigenvalue weighted by Gasteiger charge is 2.48. The van der Waals surface area contributed by atoms with Gasteiger partial charge in [0.2, 0.25) is 5.13 Å². The molecule has 1 saturated heterocycles. The largest absolute Gasteiger partial charge is 0.507 e. The third-order valence-electron chi connectivity index (χ3n) is 7.26. The van der Waals surface area contributed by atoms with E-state index in [9.17, 15) is 14.7 Å². The van der Waals surface area contributed by atoms with Gasteiger partial charge in [0.25, 0.3) is 5.78 Å². The summed E-state index contributed by atoms with van der Waals surface area (Å²) in [7, 11) is 0. The number of hydrogen-bond donors (Lipinski definition) is 1. The number of aliphatic hydroxyl groups excluding tert-OH is 1. The molecule has 0 bridgehead atoms. The second-order valence-corrected chi connectivity index (χ2v) is 12.7. The number of aryl methyl sites for hydroxylation is 1. The molecule has 0 unspecified atom stereocenters. The van der Waals surface area contributed by atoms with Crippen LogP contribution in [0.1, 0.15) is 53.6 Å². The van der Waals surface area contributed by atoms with E-state index >= 15 is 0 Å². The van der Waals surface area contributed by atoms with Crippen LogP contribution in [0.5, 0.6) is 11.5 Å². The molecule has 2 aliphatic rings. The first-order valence-electron chi connectivity index (χ1n) is 13.6. The van der Waals surface area contributed by atoms with Gasteiger partial charge in [-0.25, -0.2) is 0 Å². The molecule has 3 aromatic carbocycles. The van der Waals surface area contributed by atoms with Crippen LogP contribution < -0.4 is 14.4 Å². The van der Waals surface area contributed by atoms with Gasteiger partial charge in [0, 0.05) is 11.3 Å². The molecule has 0 aliphatic carbocycles. The first kappa shape index (κ1) is 28.0. The number of ketones is 1. The molecule has 1 aromatic heterocycles. The van der Waals surface area contributed by atoms with E-state index in [4.69, 9.17) is 9.47 Å². The summed E-state index contributed by atoms with van der Waals surface area (Å²) in [5.41, 5.74) is 4.48. The first-order chi connectivity index (χ1) is 20.3. The third kappa shape index (κ3) is 5.39. The Bertz CT molecular complexity index is 1680. The van der Waals surface area contributed by atoms with Crippen LogP contribution in [0.3, 0.4) is 0 Å². The maximum absolute atomic E-state index is 13.6. The van der Waals surface area contributed by atoms with Crippen molar-refractivity contribution in [3.63, 3.8) is 0 Å². The van der Waals surface area contributed by atoms with Gasteiger partial charge in [-0.1, -0.05) is 91.0 Å². The molecule has 42 heavy (non-hydrogen) atoms. The van der Waals surface area contributed by atoms with Gasteiger partial charge >= 0.3 is 5.91 Å². The molecule has 1 N–H and O–H groups in total. The summed E-state index contributed by atoms with van der Waals surface area (Å²) in [6.07, 6.45) is 0. The zero-order valence-electron chi connectivity index (χ0n) is 23.4. The average Bonchev–Trinajstić information content (AvgIpc) is 3.58. The lowest BCUT2D eigenvalue weighted by Gasteiger charge is -2.23. The SMILES string of the molecule is Cc1ccc(CSc2nnc(N3C(=O)C(=O)/C(=C(/O)c4ccc5c(c4)OCCO5)[C@H]3c3ccc(C(C)C)cc3)s2)cc1. The number of Topliss-reactive ketones (excluding diaryl/α,β-unsaturated/α-hetero) is 1. The Hall–Kier alpha value is -4.15. The second kappa shape index (κ2) is 11.6. The predicted octanol–water partition coefficient (Wildman–Crippen LogP) is 6.66. The zero-order chi connectivity index (χ0) is 29.4. The van der Waals surface area contributed by atoms with Crippen molar-refractivity contribution < 1.29 is 24.2 Å². The van der Waals surface area contributed by atoms with E-state index in [1.165, 1.54) is 33.6 Å². The molecule has 0 radical (unpaired) electrons. The molecule has 2 aliphatic heterocycles. The van der Waals surface area contributed by atoms with Crippen molar-refractivity contribution in [3.05, 3.63) is 100 Å². The van der Waals surface area contributed by atoms with Gasteiger partial charge < -0.3 is 14.6 Å². The van der Waals surface area contributed by atoms with Crippen LogP contribution in [0.4, 0.5) is 5.13 Å². The number of amides is 1. The molecular formula is C32H29N3O5S2. The van der Waals surface area contributed by atoms with Crippen molar-refractivity contribution in [1.29, 1.82) is 0 Å². The molecule has 1 atom stereocenters. The number of aliphatic hydroxyl groups is 1. The molecule has 4 aromatic rings. The highest BCUT2D eigenvalue weighted by molar-refractivity contribution is 8.00. The van der Waals surface area contributed by atoms with Crippen molar-refractivity contribution in [2.24, 2.45) is 0 Å². The summed E-state index contributed by atoms with van der Waals surface area (Å²) < 4.78 is 12.0. The van der Waals surface area contributed by atoms with Gasteiger partial charge in [-0.3, -0.25) is 14.5 Å².